The van der Waals surface area contributed by atoms with Crippen LogP contribution in [0.4, 0.5) is 32.8 Å². The number of ether oxygens (including phenoxy) is 3. The van der Waals surface area contributed by atoms with E-state index in [1.165, 1.54) is 35.1 Å². The average molecular weight is 628 g/mol. The highest BCUT2D eigenvalue weighted by molar-refractivity contribution is 6.04. The molecule has 0 radical (unpaired) electrons. The number of alkyl halides is 3. The molecule has 0 aliphatic carbocycles. The molecule has 0 unspecified atom stereocenters. The van der Waals surface area contributed by atoms with Crippen LogP contribution in [-0.2, 0) is 25.2 Å². The number of carbonyl (C=O) groups is 4. The van der Waals surface area contributed by atoms with Crippen molar-refractivity contribution in [3.8, 4) is 11.1 Å². The Labute approximate surface area is 253 Å². The summed E-state index contributed by atoms with van der Waals surface area (Å²) < 4.78 is 69.1. The lowest BCUT2D eigenvalue weighted by Gasteiger charge is -2.36. The van der Waals surface area contributed by atoms with E-state index in [0.29, 0.717) is 24.7 Å². The summed E-state index contributed by atoms with van der Waals surface area (Å²) in [5, 5.41) is 2.50. The molecular weight excluding hydrogens is 590 g/mol. The van der Waals surface area contributed by atoms with E-state index in [0.717, 1.165) is 0 Å². The molecule has 14 heteroatoms. The van der Waals surface area contributed by atoms with Crippen LogP contribution >= 0.6 is 0 Å². The maximum absolute atomic E-state index is 14.7. The Hall–Kier alpha value is -4.36. The number of hydrogen-bond acceptors (Lipinski definition) is 7. The van der Waals surface area contributed by atoms with E-state index in [2.05, 4.69) is 10.1 Å². The second-order valence-electron chi connectivity index (χ2n) is 11.7. The highest BCUT2D eigenvalue weighted by atomic mass is 19.4. The molecule has 3 amide bonds. The van der Waals surface area contributed by atoms with Gasteiger partial charge in [0.05, 0.1) is 23.9 Å². The van der Waals surface area contributed by atoms with Gasteiger partial charge in [0.2, 0.25) is 0 Å². The lowest BCUT2D eigenvalue weighted by molar-refractivity contribution is -0.137. The van der Waals surface area contributed by atoms with Crippen molar-refractivity contribution in [2.45, 2.75) is 58.9 Å². The number of amides is 3. The minimum Gasteiger partial charge on any atom is -0.471 e. The van der Waals surface area contributed by atoms with Crippen LogP contribution in [0.25, 0.3) is 11.1 Å². The largest absolute Gasteiger partial charge is 0.471 e. The van der Waals surface area contributed by atoms with Crippen molar-refractivity contribution in [1.29, 1.82) is 0 Å². The number of nitrogens with one attached hydrogen (secondary N) is 1. The van der Waals surface area contributed by atoms with Gasteiger partial charge in [-0.25, -0.2) is 14.0 Å². The number of halogens is 4. The van der Waals surface area contributed by atoms with Crippen LogP contribution in [0.2, 0.25) is 0 Å². The van der Waals surface area contributed by atoms with Gasteiger partial charge >= 0.3 is 18.4 Å². The molecular formula is C30H37F4N3O7. The third-order valence-electron chi connectivity index (χ3n) is 5.81. The maximum Gasteiger partial charge on any atom is 0.416 e. The summed E-state index contributed by atoms with van der Waals surface area (Å²) in [5.41, 5.74) is -2.97. The highest BCUT2D eigenvalue weighted by Gasteiger charge is 2.32. The zero-order chi connectivity index (χ0) is 33.5. The molecule has 0 saturated carbocycles. The molecule has 44 heavy (non-hydrogen) atoms. The zero-order valence-corrected chi connectivity index (χ0v) is 25.6. The smallest absolute Gasteiger partial charge is 0.416 e. The first kappa shape index (κ1) is 35.8. The molecule has 1 fully saturated rings. The summed E-state index contributed by atoms with van der Waals surface area (Å²) in [4.78, 5) is 50.3. The van der Waals surface area contributed by atoms with Crippen molar-refractivity contribution in [2.75, 3.05) is 38.6 Å². The van der Waals surface area contributed by atoms with Gasteiger partial charge in [-0.3, -0.25) is 14.9 Å². The normalized spacial score (nSPS) is 13.7. The number of methoxy groups -OCH3 is 1. The first-order valence-electron chi connectivity index (χ1n) is 13.5. The summed E-state index contributed by atoms with van der Waals surface area (Å²) >= 11 is 0. The molecule has 0 bridgehead atoms. The van der Waals surface area contributed by atoms with Crippen LogP contribution in [0.5, 0.6) is 0 Å². The second kappa shape index (κ2) is 14.4. The number of rotatable bonds is 4. The standard InChI is InChI=1S/C28H33F4N3O5.C2H4O2/c1-26(2,3)39-24(37)33-22-10-7-17(19-16-18(28(30,31)32)8-9-21(19)29)15-20(22)23(36)34-11-13-35(14-12-34)25(38)40-27(4,5)6;1-4-2-3/h7-10,15-16H,11-14H2,1-6H3,(H,33,37);2H,1H3. The molecule has 2 aromatic rings. The minimum atomic E-state index is -4.70. The Morgan fingerprint density at radius 3 is 1.89 bits per heavy atom. The fourth-order valence-electron chi connectivity index (χ4n) is 3.92. The number of piperazine rings is 1. The van der Waals surface area contributed by atoms with Crippen LogP contribution in [-0.4, -0.2) is 78.9 Å². The van der Waals surface area contributed by atoms with Crippen LogP contribution < -0.4 is 5.32 Å². The number of carbonyl (C=O) groups excluding carboxylic acids is 4. The molecule has 2 aromatic carbocycles. The highest BCUT2D eigenvalue weighted by Crippen LogP contribution is 2.35. The van der Waals surface area contributed by atoms with Crippen LogP contribution in [0.3, 0.4) is 0 Å². The fourth-order valence-corrected chi connectivity index (χ4v) is 3.92. The predicted octanol–water partition coefficient (Wildman–Crippen LogP) is 6.34. The van der Waals surface area contributed by atoms with Gasteiger partial charge in [0.1, 0.15) is 17.0 Å². The van der Waals surface area contributed by atoms with E-state index >= 15 is 0 Å². The molecule has 1 N–H and O–H groups in total. The molecule has 1 heterocycles. The van der Waals surface area contributed by atoms with E-state index in [4.69, 9.17) is 14.3 Å². The summed E-state index contributed by atoms with van der Waals surface area (Å²) in [6.45, 7) is 11.2. The molecule has 1 aliphatic rings. The fraction of sp³-hybridized carbons (Fsp3) is 0.467. The van der Waals surface area contributed by atoms with E-state index in [1.54, 1.807) is 41.5 Å². The van der Waals surface area contributed by atoms with Gasteiger partial charge in [0.25, 0.3) is 12.4 Å². The van der Waals surface area contributed by atoms with Gasteiger partial charge in [-0.15, -0.1) is 0 Å². The molecule has 1 aliphatic heterocycles. The van der Waals surface area contributed by atoms with E-state index < -0.39 is 46.9 Å². The van der Waals surface area contributed by atoms with Gasteiger partial charge in [-0.2, -0.15) is 13.2 Å². The Bertz CT molecular complexity index is 1340. The molecule has 0 atom stereocenters. The maximum atomic E-state index is 14.7. The molecule has 3 rings (SSSR count). The lowest BCUT2D eigenvalue weighted by Crippen LogP contribution is -2.51. The van der Waals surface area contributed by atoms with Crippen molar-refractivity contribution < 1.29 is 51.0 Å². The molecule has 242 valence electrons. The summed E-state index contributed by atoms with van der Waals surface area (Å²) in [6, 6.07) is 5.86. The zero-order valence-electron chi connectivity index (χ0n) is 25.6. The van der Waals surface area contributed by atoms with Crippen molar-refractivity contribution >= 4 is 30.3 Å². The van der Waals surface area contributed by atoms with Crippen molar-refractivity contribution in [1.82, 2.24) is 9.80 Å². The van der Waals surface area contributed by atoms with Gasteiger partial charge in [-0.1, -0.05) is 6.07 Å². The van der Waals surface area contributed by atoms with Crippen LogP contribution in [0.15, 0.2) is 36.4 Å². The molecule has 0 aromatic heterocycles. The number of nitrogens with zero attached hydrogens (tertiary/aromatic N) is 2. The lowest BCUT2D eigenvalue weighted by atomic mass is 9.98. The Kier molecular flexibility index (Phi) is 11.7. The number of anilines is 1. The molecule has 10 nitrogen and oxygen atoms in total. The minimum absolute atomic E-state index is 0.00841. The van der Waals surface area contributed by atoms with Crippen LogP contribution in [0.1, 0.15) is 57.5 Å². The molecule has 0 spiro atoms. The Morgan fingerprint density at radius 2 is 1.39 bits per heavy atom. The van der Waals surface area contributed by atoms with Gasteiger partial charge in [-0.05, 0) is 77.4 Å². The van der Waals surface area contributed by atoms with Gasteiger partial charge in [0.15, 0.2) is 0 Å². The van der Waals surface area contributed by atoms with Crippen molar-refractivity contribution in [3.05, 3.63) is 53.3 Å². The second-order valence-corrected chi connectivity index (χ2v) is 11.7. The predicted molar refractivity (Wildman–Crippen MR) is 153 cm³/mol. The first-order chi connectivity index (χ1) is 20.3. The van der Waals surface area contributed by atoms with Crippen molar-refractivity contribution in [3.63, 3.8) is 0 Å². The summed E-state index contributed by atoms with van der Waals surface area (Å²) in [7, 11) is 1.31. The van der Waals surface area contributed by atoms with E-state index in [-0.39, 0.29) is 48.6 Å². The van der Waals surface area contributed by atoms with E-state index in [1.807, 2.05) is 0 Å². The number of hydrogen-bond donors (Lipinski definition) is 1. The third kappa shape index (κ3) is 10.7. The summed E-state index contributed by atoms with van der Waals surface area (Å²) in [6.07, 6.45) is -6.07. The number of benzene rings is 2. The van der Waals surface area contributed by atoms with Crippen LogP contribution in [0, 0.1) is 5.82 Å². The van der Waals surface area contributed by atoms with Gasteiger partial charge < -0.3 is 24.0 Å². The SMILES string of the molecule is CC(C)(C)OC(=O)Nc1ccc(-c2cc(C(F)(F)F)ccc2F)cc1C(=O)N1CCN(C(=O)OC(C)(C)C)CC1.COC=O. The quantitative estimate of drug-likeness (QED) is 0.239. The van der Waals surface area contributed by atoms with E-state index in [9.17, 15) is 31.9 Å². The monoisotopic (exact) mass is 627 g/mol. The van der Waals surface area contributed by atoms with Crippen molar-refractivity contribution in [2.24, 2.45) is 0 Å². The Morgan fingerprint density at radius 1 is 0.841 bits per heavy atom. The first-order valence-corrected chi connectivity index (χ1v) is 13.5. The summed E-state index contributed by atoms with van der Waals surface area (Å²) in [5.74, 6) is -1.48. The molecule has 1 saturated heterocycles. The third-order valence-corrected chi connectivity index (χ3v) is 5.81. The Balaban J connectivity index is 0.00000159. The topological polar surface area (TPSA) is 114 Å². The van der Waals surface area contributed by atoms with Gasteiger partial charge in [0, 0.05) is 31.7 Å². The average Bonchev–Trinajstić information content (AvgIpc) is 2.91.